The predicted octanol–water partition coefficient (Wildman–Crippen LogP) is 6.42. The Morgan fingerprint density at radius 2 is 1.83 bits per heavy atom. The largest absolute Gasteiger partial charge is 0.490 e. The van der Waals surface area contributed by atoms with Gasteiger partial charge in [-0.25, -0.2) is 4.98 Å². The zero-order chi connectivity index (χ0) is 24.2. The minimum atomic E-state index is -0.135. The number of ether oxygens (including phenoxy) is 1. The molecule has 7 nitrogen and oxygen atoms in total. The Bertz CT molecular complexity index is 1300. The molecule has 0 bridgehead atoms. The number of carbonyl (C=O) groups is 1. The average molecular weight is 571 g/mol. The fraction of sp³-hybridized carbons (Fsp3) is 0.280. The molecule has 1 aliphatic carbocycles. The molecule has 2 aromatic heterocycles. The Morgan fingerprint density at radius 3 is 2.57 bits per heavy atom. The van der Waals surface area contributed by atoms with E-state index in [0.717, 1.165) is 45.7 Å². The summed E-state index contributed by atoms with van der Waals surface area (Å²) in [6.45, 7) is 0. The monoisotopic (exact) mass is 569 g/mol. The predicted molar refractivity (Wildman–Crippen MR) is 144 cm³/mol. The first-order valence-corrected chi connectivity index (χ1v) is 14.0. The van der Waals surface area contributed by atoms with Crippen molar-refractivity contribution in [3.05, 3.63) is 58.4 Å². The van der Waals surface area contributed by atoms with E-state index in [0.29, 0.717) is 16.4 Å². The van der Waals surface area contributed by atoms with E-state index in [2.05, 4.69) is 36.4 Å². The molecule has 0 atom stereocenters. The van der Waals surface area contributed by atoms with Crippen LogP contribution in [0.15, 0.2) is 63.5 Å². The maximum Gasteiger partial charge on any atom is 0.236 e. The Morgan fingerprint density at radius 1 is 1.11 bits per heavy atom. The van der Waals surface area contributed by atoms with Gasteiger partial charge in [0.1, 0.15) is 5.75 Å². The quantitative estimate of drug-likeness (QED) is 0.246. The van der Waals surface area contributed by atoms with Gasteiger partial charge in [-0.3, -0.25) is 4.79 Å². The number of nitrogens with one attached hydrogen (secondary N) is 1. The lowest BCUT2D eigenvalue weighted by molar-refractivity contribution is -0.113. The zero-order valence-corrected chi connectivity index (χ0v) is 22.3. The fourth-order valence-corrected chi connectivity index (χ4v) is 5.65. The summed E-state index contributed by atoms with van der Waals surface area (Å²) in [5, 5.41) is 14.7. The molecule has 1 aliphatic rings. The van der Waals surface area contributed by atoms with E-state index in [1.54, 1.807) is 0 Å². The van der Waals surface area contributed by atoms with Crippen molar-refractivity contribution in [1.29, 1.82) is 0 Å². The van der Waals surface area contributed by atoms with Gasteiger partial charge in [0.2, 0.25) is 5.91 Å². The number of hydrogen-bond acceptors (Lipinski definition) is 7. The van der Waals surface area contributed by atoms with E-state index in [1.807, 2.05) is 65.5 Å². The highest BCUT2D eigenvalue weighted by Gasteiger charge is 2.17. The van der Waals surface area contributed by atoms with Gasteiger partial charge in [-0.1, -0.05) is 39.8 Å². The van der Waals surface area contributed by atoms with Crippen LogP contribution >= 0.6 is 39.0 Å². The van der Waals surface area contributed by atoms with Crippen LogP contribution in [-0.4, -0.2) is 37.5 Å². The molecule has 5 rings (SSSR count). The van der Waals surface area contributed by atoms with Crippen LogP contribution < -0.4 is 10.1 Å². The topological polar surface area (TPSA) is 81.9 Å². The molecule has 35 heavy (non-hydrogen) atoms. The highest BCUT2D eigenvalue weighted by atomic mass is 79.9. The van der Waals surface area contributed by atoms with Gasteiger partial charge < -0.3 is 14.6 Å². The molecule has 10 heteroatoms. The Balaban J connectivity index is 1.16. The standard InChI is InChI=1S/C25H24BrN5O2S2/c1-31-23(17-8-12-20(13-9-17)33-19-4-2-3-5-19)29-30-25(31)35-15-22(32)28-24-27-21(14-34-24)16-6-10-18(26)11-7-16/h6-14,19H,2-5,15H2,1H3,(H,27,28,32). The van der Waals surface area contributed by atoms with Gasteiger partial charge >= 0.3 is 0 Å². The van der Waals surface area contributed by atoms with Gasteiger partial charge in [-0.2, -0.15) is 0 Å². The van der Waals surface area contributed by atoms with Crippen molar-refractivity contribution in [1.82, 2.24) is 19.7 Å². The van der Waals surface area contributed by atoms with Crippen molar-refractivity contribution in [3.8, 4) is 28.4 Å². The van der Waals surface area contributed by atoms with Crippen molar-refractivity contribution < 1.29 is 9.53 Å². The zero-order valence-electron chi connectivity index (χ0n) is 19.1. The van der Waals surface area contributed by atoms with Crippen LogP contribution in [0.3, 0.4) is 0 Å². The molecule has 4 aromatic rings. The molecule has 0 saturated heterocycles. The fourth-order valence-electron chi connectivity index (χ4n) is 3.94. The smallest absolute Gasteiger partial charge is 0.236 e. The van der Waals surface area contributed by atoms with Crippen LogP contribution in [0.2, 0.25) is 0 Å². The van der Waals surface area contributed by atoms with E-state index < -0.39 is 0 Å². The molecular formula is C25H24BrN5O2S2. The summed E-state index contributed by atoms with van der Waals surface area (Å²) in [4.78, 5) is 17.0. The summed E-state index contributed by atoms with van der Waals surface area (Å²) < 4.78 is 8.96. The van der Waals surface area contributed by atoms with Crippen molar-refractivity contribution >= 4 is 50.1 Å². The highest BCUT2D eigenvalue weighted by molar-refractivity contribution is 9.10. The highest BCUT2D eigenvalue weighted by Crippen LogP contribution is 2.29. The van der Waals surface area contributed by atoms with E-state index in [-0.39, 0.29) is 11.7 Å². The van der Waals surface area contributed by atoms with Crippen LogP contribution in [0.4, 0.5) is 5.13 Å². The lowest BCUT2D eigenvalue weighted by Crippen LogP contribution is -2.14. The number of rotatable bonds is 8. The van der Waals surface area contributed by atoms with Crippen LogP contribution in [0.5, 0.6) is 5.75 Å². The molecule has 1 N–H and O–H groups in total. The van der Waals surface area contributed by atoms with Gasteiger partial charge in [0, 0.05) is 28.0 Å². The molecule has 0 aliphatic heterocycles. The van der Waals surface area contributed by atoms with Crippen LogP contribution in [-0.2, 0) is 11.8 Å². The van der Waals surface area contributed by atoms with E-state index in [1.165, 1.54) is 35.9 Å². The molecule has 1 fully saturated rings. The van der Waals surface area contributed by atoms with Crippen LogP contribution in [0.1, 0.15) is 25.7 Å². The summed E-state index contributed by atoms with van der Waals surface area (Å²) in [5.74, 6) is 1.72. The first kappa shape index (κ1) is 24.0. The summed E-state index contributed by atoms with van der Waals surface area (Å²) in [6, 6.07) is 15.9. The summed E-state index contributed by atoms with van der Waals surface area (Å²) >= 11 is 6.19. The molecule has 0 spiro atoms. The molecule has 1 amide bonds. The van der Waals surface area contributed by atoms with Gasteiger partial charge in [0.05, 0.1) is 17.6 Å². The lowest BCUT2D eigenvalue weighted by atomic mass is 10.2. The van der Waals surface area contributed by atoms with Crippen molar-refractivity contribution in [2.75, 3.05) is 11.1 Å². The molecule has 2 heterocycles. The number of carbonyl (C=O) groups excluding carboxylic acids is 1. The van der Waals surface area contributed by atoms with E-state index in [4.69, 9.17) is 4.74 Å². The summed E-state index contributed by atoms with van der Waals surface area (Å²) in [6.07, 6.45) is 5.09. The number of benzene rings is 2. The third-order valence-electron chi connectivity index (χ3n) is 5.78. The molecular weight excluding hydrogens is 546 g/mol. The third kappa shape index (κ3) is 5.94. The normalized spacial score (nSPS) is 13.8. The van der Waals surface area contributed by atoms with Crippen molar-refractivity contribution in [2.24, 2.45) is 7.05 Å². The minimum absolute atomic E-state index is 0.135. The average Bonchev–Trinajstić information content (AvgIpc) is 3.61. The van der Waals surface area contributed by atoms with Crippen LogP contribution in [0, 0.1) is 0 Å². The van der Waals surface area contributed by atoms with Gasteiger partial charge in [-0.15, -0.1) is 21.5 Å². The van der Waals surface area contributed by atoms with Crippen molar-refractivity contribution in [2.45, 2.75) is 36.9 Å². The second kappa shape index (κ2) is 10.9. The third-order valence-corrected chi connectivity index (χ3v) is 8.08. The first-order chi connectivity index (χ1) is 17.0. The summed E-state index contributed by atoms with van der Waals surface area (Å²) in [7, 11) is 1.91. The molecule has 0 unspecified atom stereocenters. The molecule has 1 saturated carbocycles. The molecule has 0 radical (unpaired) electrons. The van der Waals surface area contributed by atoms with Gasteiger partial charge in [0.15, 0.2) is 16.1 Å². The second-order valence-corrected chi connectivity index (χ2v) is 11.0. The SMILES string of the molecule is Cn1c(SCC(=O)Nc2nc(-c3ccc(Br)cc3)cs2)nnc1-c1ccc(OC2CCCC2)cc1. The number of halogens is 1. The number of hydrogen-bond donors (Lipinski definition) is 1. The Kier molecular flexibility index (Phi) is 7.50. The second-order valence-electron chi connectivity index (χ2n) is 8.30. The number of amides is 1. The Hall–Kier alpha value is -2.69. The number of nitrogens with zero attached hydrogens (tertiary/aromatic N) is 4. The minimum Gasteiger partial charge on any atom is -0.490 e. The lowest BCUT2D eigenvalue weighted by Gasteiger charge is -2.13. The molecule has 180 valence electrons. The summed E-state index contributed by atoms with van der Waals surface area (Å²) in [5.41, 5.74) is 2.80. The number of anilines is 1. The Labute approximate surface area is 220 Å². The number of thiazole rings is 1. The van der Waals surface area contributed by atoms with Crippen LogP contribution in [0.25, 0.3) is 22.6 Å². The molecule has 2 aromatic carbocycles. The maximum atomic E-state index is 12.5. The maximum absolute atomic E-state index is 12.5. The number of aromatic nitrogens is 4. The van der Waals surface area contributed by atoms with Gasteiger partial charge in [-0.05, 0) is 62.1 Å². The number of thioether (sulfide) groups is 1. The van der Waals surface area contributed by atoms with Gasteiger partial charge in [0.25, 0.3) is 0 Å². The first-order valence-electron chi connectivity index (χ1n) is 11.4. The van der Waals surface area contributed by atoms with E-state index >= 15 is 0 Å². The van der Waals surface area contributed by atoms with Crippen molar-refractivity contribution in [3.63, 3.8) is 0 Å². The van der Waals surface area contributed by atoms with E-state index in [9.17, 15) is 4.79 Å².